The molecule has 4 rings (SSSR count). The first-order valence-corrected chi connectivity index (χ1v) is 11.7. The van der Waals surface area contributed by atoms with E-state index in [4.69, 9.17) is 4.74 Å². The fourth-order valence-corrected chi connectivity index (χ4v) is 4.86. The molecule has 2 N–H and O–H groups in total. The average Bonchev–Trinajstić information content (AvgIpc) is 3.18. The van der Waals surface area contributed by atoms with E-state index in [9.17, 15) is 0 Å². The minimum atomic E-state index is 0.0445. The number of guanidine groups is 1. The average molecular weight is 446 g/mol. The number of benzene rings is 2. The van der Waals surface area contributed by atoms with Crippen LogP contribution < -0.4 is 10.6 Å². The van der Waals surface area contributed by atoms with E-state index in [2.05, 4.69) is 89.2 Å². The van der Waals surface area contributed by atoms with Crippen LogP contribution >= 0.6 is 0 Å². The first kappa shape index (κ1) is 23.1. The molecule has 1 saturated heterocycles. The van der Waals surface area contributed by atoms with E-state index in [1.165, 1.54) is 16.7 Å². The summed E-state index contributed by atoms with van der Waals surface area (Å²) in [7, 11) is 1.83. The van der Waals surface area contributed by atoms with Gasteiger partial charge < -0.3 is 15.4 Å². The summed E-state index contributed by atoms with van der Waals surface area (Å²) in [5.74, 6) is 0.803. The van der Waals surface area contributed by atoms with Crippen molar-refractivity contribution in [1.29, 1.82) is 0 Å². The van der Waals surface area contributed by atoms with Crippen LogP contribution in [0, 0.1) is 20.8 Å². The van der Waals surface area contributed by atoms with E-state index in [1.807, 2.05) is 18.7 Å². The molecule has 0 aliphatic carbocycles. The molecule has 1 aliphatic rings. The van der Waals surface area contributed by atoms with Gasteiger partial charge in [0.25, 0.3) is 0 Å². The Bertz CT molecular complexity index is 1110. The fourth-order valence-electron chi connectivity index (χ4n) is 4.86. The molecule has 174 valence electrons. The van der Waals surface area contributed by atoms with Gasteiger partial charge in [-0.1, -0.05) is 42.5 Å². The molecule has 2 heterocycles. The van der Waals surface area contributed by atoms with Gasteiger partial charge in [0.05, 0.1) is 11.4 Å². The predicted octanol–water partition coefficient (Wildman–Crippen LogP) is 4.21. The second-order valence-corrected chi connectivity index (χ2v) is 8.95. The molecule has 6 heteroatoms. The lowest BCUT2D eigenvalue weighted by atomic mass is 9.72. The number of ether oxygens (including phenoxy) is 1. The Morgan fingerprint density at radius 2 is 1.76 bits per heavy atom. The number of hydrogen-bond acceptors (Lipinski definition) is 3. The number of para-hydroxylation sites is 1. The number of aliphatic imine (C=N–C) groups is 1. The molecular weight excluding hydrogens is 410 g/mol. The highest BCUT2D eigenvalue weighted by Gasteiger charge is 2.35. The van der Waals surface area contributed by atoms with Crippen LogP contribution in [-0.2, 0) is 16.7 Å². The highest BCUT2D eigenvalue weighted by atomic mass is 16.5. The number of hydrogen-bond donors (Lipinski definition) is 2. The number of nitrogens with one attached hydrogen (secondary N) is 2. The Labute approximate surface area is 197 Å². The van der Waals surface area contributed by atoms with Crippen molar-refractivity contribution in [3.63, 3.8) is 0 Å². The van der Waals surface area contributed by atoms with Gasteiger partial charge in [-0.25, -0.2) is 4.68 Å². The predicted molar refractivity (Wildman–Crippen MR) is 134 cm³/mol. The summed E-state index contributed by atoms with van der Waals surface area (Å²) in [5, 5.41) is 11.8. The lowest BCUT2D eigenvalue weighted by molar-refractivity contribution is 0.0512. The Kier molecular flexibility index (Phi) is 7.14. The summed E-state index contributed by atoms with van der Waals surface area (Å²) in [4.78, 5) is 4.50. The SMILES string of the molecule is CN=C(NCc1ccccc1-n1nc(C)cc1C)NCC1(c2ccccc2C)CCOCC1. The number of rotatable bonds is 6. The normalized spacial score (nSPS) is 15.9. The molecule has 0 saturated carbocycles. The zero-order valence-electron chi connectivity index (χ0n) is 20.2. The van der Waals surface area contributed by atoms with E-state index in [-0.39, 0.29) is 5.41 Å². The zero-order chi connectivity index (χ0) is 23.3. The Morgan fingerprint density at radius 1 is 1.03 bits per heavy atom. The molecule has 0 bridgehead atoms. The van der Waals surface area contributed by atoms with Crippen molar-refractivity contribution < 1.29 is 4.74 Å². The second kappa shape index (κ2) is 10.2. The largest absolute Gasteiger partial charge is 0.381 e. The quantitative estimate of drug-likeness (QED) is 0.441. The molecule has 1 aromatic heterocycles. The lowest BCUT2D eigenvalue weighted by Crippen LogP contribution is -2.48. The molecule has 1 fully saturated rings. The van der Waals surface area contributed by atoms with Crippen LogP contribution in [0.15, 0.2) is 59.6 Å². The Morgan fingerprint density at radius 3 is 2.45 bits per heavy atom. The van der Waals surface area contributed by atoms with Crippen molar-refractivity contribution in [3.8, 4) is 5.69 Å². The first-order valence-electron chi connectivity index (χ1n) is 11.7. The van der Waals surface area contributed by atoms with Crippen molar-refractivity contribution in [2.45, 2.75) is 45.6 Å². The summed E-state index contributed by atoms with van der Waals surface area (Å²) < 4.78 is 7.72. The van der Waals surface area contributed by atoms with Crippen LogP contribution in [0.3, 0.4) is 0 Å². The summed E-state index contributed by atoms with van der Waals surface area (Å²) in [6.45, 7) is 9.38. The monoisotopic (exact) mass is 445 g/mol. The molecular formula is C27H35N5O. The Balaban J connectivity index is 1.48. The molecule has 0 radical (unpaired) electrons. The molecule has 0 spiro atoms. The van der Waals surface area contributed by atoms with Gasteiger partial charge in [0, 0.05) is 44.5 Å². The van der Waals surface area contributed by atoms with Crippen LogP contribution in [0.5, 0.6) is 0 Å². The van der Waals surface area contributed by atoms with Gasteiger partial charge in [0.15, 0.2) is 5.96 Å². The van der Waals surface area contributed by atoms with Crippen molar-refractivity contribution in [1.82, 2.24) is 20.4 Å². The minimum Gasteiger partial charge on any atom is -0.381 e. The molecule has 3 aromatic rings. The van der Waals surface area contributed by atoms with E-state index >= 15 is 0 Å². The van der Waals surface area contributed by atoms with E-state index in [0.717, 1.165) is 55.6 Å². The van der Waals surface area contributed by atoms with E-state index in [1.54, 1.807) is 0 Å². The second-order valence-electron chi connectivity index (χ2n) is 8.95. The zero-order valence-corrected chi connectivity index (χ0v) is 20.2. The third kappa shape index (κ3) is 5.11. The van der Waals surface area contributed by atoms with Gasteiger partial charge in [-0.2, -0.15) is 5.10 Å². The maximum Gasteiger partial charge on any atom is 0.191 e. The minimum absolute atomic E-state index is 0.0445. The van der Waals surface area contributed by atoms with Crippen LogP contribution in [0.4, 0.5) is 0 Å². The van der Waals surface area contributed by atoms with Gasteiger partial charge >= 0.3 is 0 Å². The van der Waals surface area contributed by atoms with Gasteiger partial charge in [-0.15, -0.1) is 0 Å². The van der Waals surface area contributed by atoms with Crippen molar-refractivity contribution in [2.75, 3.05) is 26.8 Å². The number of nitrogens with zero attached hydrogens (tertiary/aromatic N) is 3. The van der Waals surface area contributed by atoms with Crippen LogP contribution in [-0.4, -0.2) is 42.5 Å². The molecule has 1 aliphatic heterocycles. The third-order valence-electron chi connectivity index (χ3n) is 6.66. The van der Waals surface area contributed by atoms with Gasteiger partial charge in [-0.3, -0.25) is 4.99 Å². The van der Waals surface area contributed by atoms with Gasteiger partial charge in [0.1, 0.15) is 0 Å². The lowest BCUT2D eigenvalue weighted by Gasteiger charge is -2.39. The Hall–Kier alpha value is -3.12. The van der Waals surface area contributed by atoms with Crippen LogP contribution in [0.25, 0.3) is 5.69 Å². The van der Waals surface area contributed by atoms with E-state index < -0.39 is 0 Å². The topological polar surface area (TPSA) is 63.5 Å². The van der Waals surface area contributed by atoms with Gasteiger partial charge in [-0.05, 0) is 62.4 Å². The molecule has 6 nitrogen and oxygen atoms in total. The molecule has 0 unspecified atom stereocenters. The molecule has 2 aromatic carbocycles. The summed E-state index contributed by atoms with van der Waals surface area (Å²) in [6.07, 6.45) is 2.01. The highest BCUT2D eigenvalue weighted by molar-refractivity contribution is 5.79. The maximum atomic E-state index is 5.71. The summed E-state index contributed by atoms with van der Waals surface area (Å²) in [6, 6.07) is 19.2. The van der Waals surface area contributed by atoms with Crippen molar-refractivity contribution >= 4 is 5.96 Å². The standard InChI is InChI=1S/C27H35N5O/c1-20-9-5-7-11-24(20)27(13-15-33-16-14-27)19-30-26(28-4)29-18-23-10-6-8-12-25(23)32-22(3)17-21(2)31-32/h5-12,17H,13-16,18-19H2,1-4H3,(H2,28,29,30). The fraction of sp³-hybridized carbons (Fsp3) is 0.407. The summed E-state index contributed by atoms with van der Waals surface area (Å²) in [5.41, 5.74) is 7.20. The third-order valence-corrected chi connectivity index (χ3v) is 6.66. The smallest absolute Gasteiger partial charge is 0.191 e. The van der Waals surface area contributed by atoms with Crippen LogP contribution in [0.1, 0.15) is 40.9 Å². The van der Waals surface area contributed by atoms with Crippen molar-refractivity contribution in [3.05, 3.63) is 82.7 Å². The molecule has 33 heavy (non-hydrogen) atoms. The van der Waals surface area contributed by atoms with E-state index in [0.29, 0.717) is 6.54 Å². The van der Waals surface area contributed by atoms with Crippen molar-refractivity contribution in [2.24, 2.45) is 4.99 Å². The van der Waals surface area contributed by atoms with Crippen LogP contribution in [0.2, 0.25) is 0 Å². The summed E-state index contributed by atoms with van der Waals surface area (Å²) >= 11 is 0. The van der Waals surface area contributed by atoms with Gasteiger partial charge in [0.2, 0.25) is 0 Å². The number of aryl methyl sites for hydroxylation is 3. The number of aromatic nitrogens is 2. The molecule has 0 atom stereocenters. The molecule has 0 amide bonds. The first-order chi connectivity index (χ1) is 16.0. The maximum absolute atomic E-state index is 5.71. The highest BCUT2D eigenvalue weighted by Crippen LogP contribution is 2.36.